The lowest BCUT2D eigenvalue weighted by molar-refractivity contribution is -0.124. The third kappa shape index (κ3) is 2.52. The van der Waals surface area contributed by atoms with Gasteiger partial charge in [0.1, 0.15) is 17.3 Å². The standard InChI is InChI=1S/C13H15FN4O2/c1-7-6-18(3-2-12(7)19)13(20)8-4-11(17-16)10(15)5-9(8)14/h4-5,7,16H,2-3,6,15H2,1H3. The molecule has 1 saturated heterocycles. The summed E-state index contributed by atoms with van der Waals surface area (Å²) in [5.74, 6) is -1.39. The van der Waals surface area contributed by atoms with E-state index in [9.17, 15) is 14.0 Å². The molecule has 0 saturated carbocycles. The number of nitrogen functional groups attached to an aromatic ring is 1. The van der Waals surface area contributed by atoms with Crippen molar-refractivity contribution in [3.8, 4) is 0 Å². The zero-order chi connectivity index (χ0) is 14.9. The Bertz CT molecular complexity index is 588. The molecule has 0 aromatic heterocycles. The Balaban J connectivity index is 2.29. The van der Waals surface area contributed by atoms with E-state index >= 15 is 0 Å². The first-order valence-electron chi connectivity index (χ1n) is 6.22. The minimum atomic E-state index is -0.746. The van der Waals surface area contributed by atoms with Gasteiger partial charge in [0, 0.05) is 25.4 Å². The van der Waals surface area contributed by atoms with Crippen LogP contribution in [0, 0.1) is 17.3 Å². The molecule has 0 radical (unpaired) electrons. The van der Waals surface area contributed by atoms with Crippen molar-refractivity contribution in [3.05, 3.63) is 23.5 Å². The first kappa shape index (κ1) is 14.1. The Morgan fingerprint density at radius 2 is 2.25 bits per heavy atom. The van der Waals surface area contributed by atoms with Crippen LogP contribution in [-0.4, -0.2) is 29.7 Å². The number of carbonyl (C=O) groups is 2. The van der Waals surface area contributed by atoms with Crippen LogP contribution in [-0.2, 0) is 4.79 Å². The Labute approximate surface area is 115 Å². The lowest BCUT2D eigenvalue weighted by Crippen LogP contribution is -2.43. The van der Waals surface area contributed by atoms with E-state index in [4.69, 9.17) is 11.3 Å². The van der Waals surface area contributed by atoms with Crippen LogP contribution in [0.2, 0.25) is 0 Å². The van der Waals surface area contributed by atoms with Crippen molar-refractivity contribution in [3.63, 3.8) is 0 Å². The highest BCUT2D eigenvalue weighted by Crippen LogP contribution is 2.27. The average molecular weight is 278 g/mol. The summed E-state index contributed by atoms with van der Waals surface area (Å²) in [6, 6.07) is 2.15. The van der Waals surface area contributed by atoms with Crippen LogP contribution in [0.4, 0.5) is 15.8 Å². The fraction of sp³-hybridized carbons (Fsp3) is 0.385. The molecule has 1 fully saturated rings. The van der Waals surface area contributed by atoms with E-state index in [1.54, 1.807) is 6.92 Å². The zero-order valence-electron chi connectivity index (χ0n) is 11.0. The molecular weight excluding hydrogens is 263 g/mol. The number of piperidine rings is 1. The second-order valence-electron chi connectivity index (χ2n) is 4.87. The van der Waals surface area contributed by atoms with E-state index < -0.39 is 11.7 Å². The van der Waals surface area contributed by atoms with Gasteiger partial charge in [-0.2, -0.15) is 5.11 Å². The first-order valence-corrected chi connectivity index (χ1v) is 6.22. The number of nitrogens with one attached hydrogen (secondary N) is 1. The van der Waals surface area contributed by atoms with Crippen molar-refractivity contribution >= 4 is 23.1 Å². The van der Waals surface area contributed by atoms with Crippen molar-refractivity contribution in [2.24, 2.45) is 11.0 Å². The number of hydrogen-bond donors (Lipinski definition) is 2. The number of likely N-dealkylation sites (tertiary alicyclic amines) is 1. The summed E-state index contributed by atoms with van der Waals surface area (Å²) in [6.45, 7) is 2.29. The van der Waals surface area contributed by atoms with Gasteiger partial charge in [0.2, 0.25) is 0 Å². The average Bonchev–Trinajstić information content (AvgIpc) is 2.41. The van der Waals surface area contributed by atoms with Gasteiger partial charge < -0.3 is 10.6 Å². The number of ketones is 1. The van der Waals surface area contributed by atoms with E-state index in [0.717, 1.165) is 6.07 Å². The molecule has 6 nitrogen and oxygen atoms in total. The largest absolute Gasteiger partial charge is 0.397 e. The molecular formula is C13H15FN4O2. The fourth-order valence-corrected chi connectivity index (χ4v) is 2.21. The molecule has 1 amide bonds. The first-order chi connectivity index (χ1) is 9.43. The van der Waals surface area contributed by atoms with Crippen LogP contribution in [0.3, 0.4) is 0 Å². The fourth-order valence-electron chi connectivity index (χ4n) is 2.21. The number of anilines is 1. The van der Waals surface area contributed by atoms with E-state index in [1.807, 2.05) is 0 Å². The van der Waals surface area contributed by atoms with Crippen molar-refractivity contribution in [2.75, 3.05) is 18.8 Å². The van der Waals surface area contributed by atoms with Crippen molar-refractivity contribution in [2.45, 2.75) is 13.3 Å². The van der Waals surface area contributed by atoms with Gasteiger partial charge >= 0.3 is 0 Å². The highest BCUT2D eigenvalue weighted by Gasteiger charge is 2.29. The Morgan fingerprint density at radius 1 is 1.55 bits per heavy atom. The molecule has 2 rings (SSSR count). The van der Waals surface area contributed by atoms with Gasteiger partial charge in [-0.25, -0.2) is 9.92 Å². The number of rotatable bonds is 2. The SMILES string of the molecule is CC1CN(C(=O)c2cc(N=N)c(N)cc2F)CCC1=O. The maximum Gasteiger partial charge on any atom is 0.256 e. The van der Waals surface area contributed by atoms with Crippen LogP contribution in [0.5, 0.6) is 0 Å². The molecule has 1 aromatic rings. The second kappa shape index (κ2) is 5.36. The predicted octanol–water partition coefficient (Wildman–Crippen LogP) is 2.12. The zero-order valence-corrected chi connectivity index (χ0v) is 11.0. The Kier molecular flexibility index (Phi) is 3.78. The van der Waals surface area contributed by atoms with Gasteiger partial charge in [-0.1, -0.05) is 6.92 Å². The van der Waals surface area contributed by atoms with Gasteiger partial charge in [0.15, 0.2) is 0 Å². The molecule has 106 valence electrons. The topological polar surface area (TPSA) is 99.6 Å². The lowest BCUT2D eigenvalue weighted by atomic mass is 9.98. The number of hydrogen-bond acceptors (Lipinski definition) is 5. The van der Waals surface area contributed by atoms with Crippen LogP contribution in [0.15, 0.2) is 17.2 Å². The molecule has 1 aliphatic rings. The number of nitrogens with zero attached hydrogens (tertiary/aromatic N) is 2. The molecule has 1 heterocycles. The van der Waals surface area contributed by atoms with Crippen molar-refractivity contribution in [1.29, 1.82) is 5.53 Å². The summed E-state index contributed by atoms with van der Waals surface area (Å²) in [4.78, 5) is 25.2. The maximum absolute atomic E-state index is 13.8. The van der Waals surface area contributed by atoms with Crippen molar-refractivity contribution in [1.82, 2.24) is 4.90 Å². The molecule has 1 unspecified atom stereocenters. The van der Waals surface area contributed by atoms with Crippen LogP contribution >= 0.6 is 0 Å². The number of carbonyl (C=O) groups excluding carboxylic acids is 2. The molecule has 1 aliphatic heterocycles. The molecule has 20 heavy (non-hydrogen) atoms. The third-order valence-corrected chi connectivity index (χ3v) is 3.43. The Morgan fingerprint density at radius 3 is 2.85 bits per heavy atom. The molecule has 0 spiro atoms. The molecule has 0 aliphatic carbocycles. The van der Waals surface area contributed by atoms with Gasteiger partial charge in [-0.3, -0.25) is 9.59 Å². The number of benzene rings is 1. The van der Waals surface area contributed by atoms with Gasteiger partial charge in [-0.15, -0.1) is 0 Å². The molecule has 1 atom stereocenters. The third-order valence-electron chi connectivity index (χ3n) is 3.43. The van der Waals surface area contributed by atoms with Crippen LogP contribution in [0.25, 0.3) is 0 Å². The highest BCUT2D eigenvalue weighted by molar-refractivity contribution is 5.97. The van der Waals surface area contributed by atoms with E-state index in [1.165, 1.54) is 11.0 Å². The highest BCUT2D eigenvalue weighted by atomic mass is 19.1. The van der Waals surface area contributed by atoms with E-state index in [0.29, 0.717) is 0 Å². The molecule has 7 heteroatoms. The lowest BCUT2D eigenvalue weighted by Gasteiger charge is -2.30. The molecule has 0 bridgehead atoms. The van der Waals surface area contributed by atoms with Crippen LogP contribution in [0.1, 0.15) is 23.7 Å². The minimum Gasteiger partial charge on any atom is -0.397 e. The molecule has 1 aromatic carbocycles. The number of halogens is 1. The summed E-state index contributed by atoms with van der Waals surface area (Å²) in [6.07, 6.45) is 0.277. The quantitative estimate of drug-likeness (QED) is 0.640. The van der Waals surface area contributed by atoms with Crippen molar-refractivity contribution < 1.29 is 14.0 Å². The van der Waals surface area contributed by atoms with E-state index in [2.05, 4.69) is 5.11 Å². The van der Waals surface area contributed by atoms with Crippen LogP contribution < -0.4 is 5.73 Å². The number of nitrogens with two attached hydrogens (primary N) is 1. The summed E-state index contributed by atoms with van der Waals surface area (Å²) in [7, 11) is 0. The number of Topliss-reactive ketones (excluding diaryl/α,β-unsaturated/α-hetero) is 1. The molecule has 3 N–H and O–H groups in total. The smallest absolute Gasteiger partial charge is 0.256 e. The summed E-state index contributed by atoms with van der Waals surface area (Å²) >= 11 is 0. The maximum atomic E-state index is 13.8. The monoisotopic (exact) mass is 278 g/mol. The summed E-state index contributed by atoms with van der Waals surface area (Å²) in [5.41, 5.74) is 12.3. The normalized spacial score (nSPS) is 19.0. The second-order valence-corrected chi connectivity index (χ2v) is 4.87. The Hall–Kier alpha value is -2.31. The number of amides is 1. The van der Waals surface area contributed by atoms with E-state index in [-0.39, 0.29) is 48.1 Å². The summed E-state index contributed by atoms with van der Waals surface area (Å²) < 4.78 is 13.8. The summed E-state index contributed by atoms with van der Waals surface area (Å²) in [5, 5.41) is 3.16. The predicted molar refractivity (Wildman–Crippen MR) is 70.3 cm³/mol. The van der Waals surface area contributed by atoms with Gasteiger partial charge in [0.25, 0.3) is 5.91 Å². The minimum absolute atomic E-state index is 0.0104. The van der Waals surface area contributed by atoms with Gasteiger partial charge in [0.05, 0.1) is 11.3 Å². The van der Waals surface area contributed by atoms with Gasteiger partial charge in [-0.05, 0) is 12.1 Å².